The lowest BCUT2D eigenvalue weighted by molar-refractivity contribution is -0.136. The number of hydrogen-bond donors (Lipinski definition) is 18. The molecule has 514 valence electrons. The van der Waals surface area contributed by atoms with Crippen LogP contribution >= 0.6 is 0 Å². The normalized spacial score (nSPS) is 15.1. The molecule has 2 aromatic heterocycles. The van der Waals surface area contributed by atoms with Crippen LogP contribution < -0.4 is 81.8 Å². The molecule has 33 heteroatoms. The van der Waals surface area contributed by atoms with Crippen LogP contribution in [0.4, 0.5) is 0 Å². The van der Waals surface area contributed by atoms with Crippen molar-refractivity contribution >= 4 is 76.8 Å². The van der Waals surface area contributed by atoms with Gasteiger partial charge in [-0.2, -0.15) is 0 Å². The zero-order chi connectivity index (χ0) is 69.6. The first-order valence-corrected chi connectivity index (χ1v) is 30.8. The first-order valence-electron chi connectivity index (χ1n) is 30.8. The quantitative estimate of drug-likeness (QED) is 0.0145. The van der Waals surface area contributed by atoms with Gasteiger partial charge in [0.15, 0.2) is 5.96 Å². The number of aliphatic imine (C=N–C) groups is 1. The molecule has 0 aliphatic rings. The van der Waals surface area contributed by atoms with Gasteiger partial charge < -0.3 is 96.9 Å². The summed E-state index contributed by atoms with van der Waals surface area (Å²) in [5.74, 6) is -11.2. The molecule has 12 atom stereocenters. The molecule has 0 bridgehead atoms. The molecule has 12 amide bonds. The molecule has 33 nitrogen and oxygen atoms in total. The highest BCUT2D eigenvalue weighted by molar-refractivity contribution is 5.99. The Hall–Kier alpha value is -9.53. The number of H-pyrrole nitrogens is 2. The molecule has 2 heterocycles. The average molecular weight is 1310 g/mol. The summed E-state index contributed by atoms with van der Waals surface area (Å²) >= 11 is 0. The van der Waals surface area contributed by atoms with Crippen molar-refractivity contribution in [1.29, 1.82) is 0 Å². The highest BCUT2D eigenvalue weighted by atomic mass is 16.3. The van der Waals surface area contributed by atoms with Gasteiger partial charge in [-0.15, -0.1) is 0 Å². The molecule has 93 heavy (non-hydrogen) atoms. The predicted octanol–water partition coefficient (Wildman–Crippen LogP) is -4.30. The highest BCUT2D eigenvalue weighted by Gasteiger charge is 2.37. The van der Waals surface area contributed by atoms with Gasteiger partial charge in [0.05, 0.1) is 24.8 Å². The number of guanidine groups is 1. The summed E-state index contributed by atoms with van der Waals surface area (Å²) < 4.78 is 0. The maximum absolute atomic E-state index is 14.5. The van der Waals surface area contributed by atoms with Crippen molar-refractivity contribution in [1.82, 2.24) is 73.1 Å². The molecule has 0 unspecified atom stereocenters. The number of aromatic nitrogens is 4. The third kappa shape index (κ3) is 28.7. The third-order valence-electron chi connectivity index (χ3n) is 14.3. The second-order valence-electron chi connectivity index (χ2n) is 24.2. The Labute approximate surface area is 540 Å². The van der Waals surface area contributed by atoms with Crippen molar-refractivity contribution in [3.05, 3.63) is 72.3 Å². The lowest BCUT2D eigenvalue weighted by Gasteiger charge is -2.29. The molecular weight excluding hydrogens is 1210 g/mol. The lowest BCUT2D eigenvalue weighted by Crippen LogP contribution is -2.61. The first-order chi connectivity index (χ1) is 43.7. The van der Waals surface area contributed by atoms with E-state index >= 15 is 0 Å². The molecule has 3 aromatic rings. The van der Waals surface area contributed by atoms with E-state index in [2.05, 4.69) is 78.1 Å². The number of aliphatic hydroxyl groups excluding tert-OH is 1. The maximum Gasteiger partial charge on any atom is 0.245 e. The number of primary amides is 2. The van der Waals surface area contributed by atoms with Crippen LogP contribution in [0.5, 0.6) is 0 Å². The van der Waals surface area contributed by atoms with Crippen molar-refractivity contribution in [2.45, 2.75) is 199 Å². The summed E-state index contributed by atoms with van der Waals surface area (Å²) in [6, 6.07) is -6.22. The number of benzene rings is 1. The molecule has 1 aromatic carbocycles. The van der Waals surface area contributed by atoms with Gasteiger partial charge in [-0.25, -0.2) is 9.97 Å². The number of aromatic amines is 2. The largest absolute Gasteiger partial charge is 0.391 e. The summed E-state index contributed by atoms with van der Waals surface area (Å²) in [6.45, 7) is 14.6. The Morgan fingerprint density at radius 2 is 0.871 bits per heavy atom. The number of carbonyl (C=O) groups excluding carboxylic acids is 12. The summed E-state index contributed by atoms with van der Waals surface area (Å²) in [4.78, 5) is 182. The van der Waals surface area contributed by atoms with Gasteiger partial charge in [0.1, 0.15) is 60.4 Å². The number of nitrogens with zero attached hydrogens (tertiary/aromatic N) is 3. The van der Waals surface area contributed by atoms with Gasteiger partial charge in [-0.3, -0.25) is 62.5 Å². The molecule has 0 saturated carbocycles. The van der Waals surface area contributed by atoms with Crippen molar-refractivity contribution in [2.24, 2.45) is 51.4 Å². The van der Waals surface area contributed by atoms with E-state index in [1.807, 2.05) is 0 Å². The van der Waals surface area contributed by atoms with E-state index < -0.39 is 150 Å². The number of carbonyl (C=O) groups is 12. The molecule has 23 N–H and O–H groups in total. The smallest absolute Gasteiger partial charge is 0.245 e. The van der Waals surface area contributed by atoms with Crippen LogP contribution in [0.1, 0.15) is 124 Å². The van der Waals surface area contributed by atoms with Crippen LogP contribution in [-0.4, -0.2) is 181 Å². The van der Waals surface area contributed by atoms with E-state index in [1.54, 1.807) is 71.9 Å². The molecule has 0 radical (unpaired) electrons. The van der Waals surface area contributed by atoms with Gasteiger partial charge >= 0.3 is 0 Å². The maximum atomic E-state index is 14.5. The number of nitrogens with two attached hydrogens (primary N) is 5. The van der Waals surface area contributed by atoms with E-state index in [-0.39, 0.29) is 88.0 Å². The van der Waals surface area contributed by atoms with Crippen LogP contribution in [0, 0.1) is 17.8 Å². The van der Waals surface area contributed by atoms with Gasteiger partial charge in [0, 0.05) is 56.0 Å². The summed E-state index contributed by atoms with van der Waals surface area (Å²) in [5, 5.41) is 36.4. The fourth-order valence-corrected chi connectivity index (χ4v) is 9.42. The minimum atomic E-state index is -1.53. The van der Waals surface area contributed by atoms with Crippen molar-refractivity contribution < 1.29 is 62.6 Å². The second kappa shape index (κ2) is 39.0. The monoisotopic (exact) mass is 1300 g/mol. The number of rotatable bonds is 41. The number of nitrogens with one attached hydrogen (secondary N) is 12. The lowest BCUT2D eigenvalue weighted by atomic mass is 9.99. The highest BCUT2D eigenvalue weighted by Crippen LogP contribution is 2.14. The summed E-state index contributed by atoms with van der Waals surface area (Å²) in [6.07, 6.45) is 3.07. The van der Waals surface area contributed by atoms with E-state index in [0.717, 1.165) is 0 Å². The van der Waals surface area contributed by atoms with Crippen molar-refractivity contribution in [3.63, 3.8) is 0 Å². The molecule has 0 saturated heterocycles. The molecule has 0 aliphatic carbocycles. The molecular formula is C60H96N20O13. The number of hydrogen-bond acceptors (Lipinski definition) is 17. The van der Waals surface area contributed by atoms with E-state index in [9.17, 15) is 62.6 Å². The third-order valence-corrected chi connectivity index (χ3v) is 14.3. The topological polar surface area (TPSA) is 545 Å². The zero-order valence-corrected chi connectivity index (χ0v) is 54.2. The fraction of sp³-hybridized carbons (Fsp3) is 0.583. The summed E-state index contributed by atoms with van der Waals surface area (Å²) in [7, 11) is 0. The average Bonchev–Trinajstić information content (AvgIpc) is 1.57. The van der Waals surface area contributed by atoms with Gasteiger partial charge in [0.2, 0.25) is 70.9 Å². The minimum absolute atomic E-state index is 0.0139. The van der Waals surface area contributed by atoms with Crippen molar-refractivity contribution in [3.8, 4) is 0 Å². The van der Waals surface area contributed by atoms with E-state index in [4.69, 9.17) is 28.7 Å². The Balaban J connectivity index is 1.87. The second-order valence-corrected chi connectivity index (χ2v) is 24.2. The number of aliphatic hydroxyl groups is 1. The first kappa shape index (κ1) is 77.7. The Kier molecular flexibility index (Phi) is 32.6. The molecule has 0 spiro atoms. The van der Waals surface area contributed by atoms with Crippen LogP contribution in [-0.2, 0) is 76.8 Å². The van der Waals surface area contributed by atoms with Crippen LogP contribution in [0.2, 0.25) is 0 Å². The Morgan fingerprint density at radius 1 is 0.473 bits per heavy atom. The Bertz CT molecular complexity index is 2970. The predicted molar refractivity (Wildman–Crippen MR) is 341 cm³/mol. The number of amides is 12. The SMILES string of the molecule is CC(C)C[C@H](NC(=O)[C@H](C)NC(=O)[C@H](Cc1cnc[nH]1)NC(=O)[C@H](CC(C)C)NC(=O)[C@H](CC(C)C)NC(=O)[C@H](Cc1cnc[nH]1)NC(=O)[C@H](NC(=O)[C@H](C)N)[C@@H](C)O)C(=O)N[C@@H](CCC(N)=O)C(=O)N[C@@H](CCCN=C(N)N)C(=O)N[C@@H](Cc1ccccc1)C(N)=O. The van der Waals surface area contributed by atoms with Crippen LogP contribution in [0.15, 0.2) is 60.4 Å². The number of imidazole rings is 2. The van der Waals surface area contributed by atoms with Gasteiger partial charge in [-0.1, -0.05) is 71.9 Å². The van der Waals surface area contributed by atoms with Gasteiger partial charge in [-0.05, 0) is 82.6 Å². The van der Waals surface area contributed by atoms with Crippen LogP contribution in [0.25, 0.3) is 0 Å². The minimum Gasteiger partial charge on any atom is -0.391 e. The standard InChI is InChI=1S/C60H96N20O13/c1-30(2)20-42(55(89)73-40(17-18-47(62)82)53(87)72-39(16-13-19-68-60(64)65)52(86)74-41(49(63)83)23-36-14-11-10-12-15-36)75-51(85)34(8)71-54(88)45(24-37-26-66-28-69-37)78-57(91)44(22-32(5)6)76-56(90)43(21-31(3)4)77-58(92)46(25-38-27-67-29-70-38)79-59(93)48(35(9)81)80-50(84)33(7)61/h10-12,14-15,26-35,39-46,48,81H,13,16-25,61H2,1-9H3,(H2,62,82)(H2,63,83)(H,66,69)(H,67,70)(H,71,88)(H,72,87)(H,73,89)(H,74,86)(H,75,85)(H,76,90)(H,77,92)(H,78,91)(H,79,93)(H,80,84)(H4,64,65,68)/t33-,34-,35+,39-,40-,41-,42-,43-,44-,45-,46-,48+/m0/s1. The van der Waals surface area contributed by atoms with Crippen LogP contribution in [0.3, 0.4) is 0 Å². The van der Waals surface area contributed by atoms with Crippen molar-refractivity contribution in [2.75, 3.05) is 6.54 Å². The van der Waals surface area contributed by atoms with Gasteiger partial charge in [0.25, 0.3) is 0 Å². The molecule has 0 fully saturated rings. The fourth-order valence-electron chi connectivity index (χ4n) is 9.42. The zero-order valence-electron chi connectivity index (χ0n) is 54.2. The van der Waals surface area contributed by atoms with E-state index in [1.165, 1.54) is 45.8 Å². The molecule has 0 aliphatic heterocycles. The van der Waals surface area contributed by atoms with E-state index in [0.29, 0.717) is 17.0 Å². The molecule has 3 rings (SSSR count). The summed E-state index contributed by atoms with van der Waals surface area (Å²) in [5.41, 5.74) is 29.3. The Morgan fingerprint density at radius 3 is 1.28 bits per heavy atom.